The van der Waals surface area contributed by atoms with E-state index < -0.39 is 37.3 Å². The molecule has 14 heteroatoms. The average Bonchev–Trinajstić information content (AvgIpc) is 3.73. The number of rotatable bonds is 10. The fraction of sp³-hybridized carbons (Fsp3) is 0.405. The van der Waals surface area contributed by atoms with Crippen LogP contribution < -0.4 is 25.3 Å². The number of nitrogens with two attached hydrogens (primary N) is 1. The number of ether oxygens (including phenoxy) is 2. The molecule has 270 valence electrons. The molecule has 51 heavy (non-hydrogen) atoms. The fourth-order valence-electron chi connectivity index (χ4n) is 7.70. The molecular weight excluding hydrogens is 701 g/mol. The molecule has 3 aliphatic heterocycles. The summed E-state index contributed by atoms with van der Waals surface area (Å²) in [6.07, 6.45) is -6.83. The second-order valence-corrected chi connectivity index (χ2v) is 13.8. The number of carbonyl (C=O) groups is 2. The third-order valence-electron chi connectivity index (χ3n) is 10.2. The Bertz CT molecular complexity index is 1960. The topological polar surface area (TPSA) is 175 Å². The Labute approximate surface area is 303 Å². The van der Waals surface area contributed by atoms with Crippen LogP contribution in [0, 0.1) is 0 Å². The van der Waals surface area contributed by atoms with E-state index in [0.29, 0.717) is 47.9 Å². The monoisotopic (exact) mass is 739 g/mol. The second-order valence-electron chi connectivity index (χ2n) is 13.2. The number of halogens is 2. The summed E-state index contributed by atoms with van der Waals surface area (Å²) in [5.41, 5.74) is 3.13. The van der Waals surface area contributed by atoms with E-state index in [9.17, 15) is 30.0 Å². The Morgan fingerprint density at radius 2 is 1.25 bits per heavy atom. The van der Waals surface area contributed by atoms with Crippen LogP contribution >= 0.6 is 23.2 Å². The number of hydrogen-bond acceptors (Lipinski definition) is 10. The maximum Gasteiger partial charge on any atom is 0.229 e. The summed E-state index contributed by atoms with van der Waals surface area (Å²) in [5, 5.41) is 44.1. The highest BCUT2D eigenvalue weighted by atomic mass is 35.5. The molecule has 3 aliphatic rings. The summed E-state index contributed by atoms with van der Waals surface area (Å²) in [6.45, 7) is 0.130. The van der Waals surface area contributed by atoms with Crippen LogP contribution in [0.5, 0.6) is 11.5 Å². The highest BCUT2D eigenvalue weighted by Gasteiger charge is 2.45. The van der Waals surface area contributed by atoms with Crippen LogP contribution in [0.4, 0.5) is 11.4 Å². The van der Waals surface area contributed by atoms with Crippen molar-refractivity contribution in [3.8, 4) is 11.5 Å². The van der Waals surface area contributed by atoms with E-state index in [0.717, 1.165) is 27.3 Å². The van der Waals surface area contributed by atoms with Crippen molar-refractivity contribution in [2.75, 3.05) is 41.3 Å². The van der Waals surface area contributed by atoms with Crippen LogP contribution in [0.25, 0.3) is 21.5 Å². The summed E-state index contributed by atoms with van der Waals surface area (Å²) < 4.78 is 11.7. The second kappa shape index (κ2) is 14.7. The van der Waals surface area contributed by atoms with E-state index in [4.69, 9.17) is 43.4 Å². The van der Waals surface area contributed by atoms with Gasteiger partial charge in [0.05, 0.1) is 18.0 Å². The van der Waals surface area contributed by atoms with Gasteiger partial charge in [-0.1, -0.05) is 48.5 Å². The van der Waals surface area contributed by atoms with Gasteiger partial charge in [0.25, 0.3) is 0 Å². The van der Waals surface area contributed by atoms with Gasteiger partial charge in [-0.3, -0.25) is 9.59 Å². The number of amides is 2. The summed E-state index contributed by atoms with van der Waals surface area (Å²) >= 11 is 12.8. The van der Waals surface area contributed by atoms with Gasteiger partial charge < -0.3 is 44.5 Å². The maximum absolute atomic E-state index is 13.9. The van der Waals surface area contributed by atoms with Gasteiger partial charge in [0.15, 0.2) is 5.75 Å². The quantitative estimate of drug-likeness (QED) is 0.119. The third-order valence-corrected chi connectivity index (χ3v) is 11.0. The van der Waals surface area contributed by atoms with Crippen molar-refractivity contribution in [2.24, 2.45) is 5.90 Å². The SMILES string of the molecule is NOc1cc2c(c3ccccc13)[C@H](CCl)CN2C(=O)CCCC(=O)N1C[C@@H](CCl)c2c1cc(O[C@@H]1OC(CO)[C@H](O)[C@H](O)[C@H]1O)c1ccccc21. The van der Waals surface area contributed by atoms with Gasteiger partial charge in [-0.15, -0.1) is 23.2 Å². The first-order chi connectivity index (χ1) is 24.7. The molecule has 2 amide bonds. The number of aliphatic hydroxyl groups excluding tert-OH is 4. The molecule has 0 spiro atoms. The van der Waals surface area contributed by atoms with Crippen molar-refractivity contribution < 1.29 is 44.3 Å². The van der Waals surface area contributed by atoms with E-state index >= 15 is 0 Å². The summed E-state index contributed by atoms with van der Waals surface area (Å²) in [5.74, 6) is 6.32. The van der Waals surface area contributed by atoms with Crippen LogP contribution in [0.3, 0.4) is 0 Å². The van der Waals surface area contributed by atoms with Crippen molar-refractivity contribution in [3.63, 3.8) is 0 Å². The minimum absolute atomic E-state index is 0.0771. The zero-order valence-electron chi connectivity index (χ0n) is 27.5. The predicted octanol–water partition coefficient (Wildman–Crippen LogP) is 3.63. The lowest BCUT2D eigenvalue weighted by Gasteiger charge is -2.39. The van der Waals surface area contributed by atoms with Gasteiger partial charge in [0.1, 0.15) is 30.2 Å². The molecule has 7 atom stereocenters. The predicted molar refractivity (Wildman–Crippen MR) is 193 cm³/mol. The number of benzene rings is 4. The number of anilines is 2. The highest BCUT2D eigenvalue weighted by molar-refractivity contribution is 6.19. The van der Waals surface area contributed by atoms with Crippen molar-refractivity contribution in [1.29, 1.82) is 0 Å². The molecule has 6 N–H and O–H groups in total. The molecule has 4 aromatic carbocycles. The van der Waals surface area contributed by atoms with Crippen molar-refractivity contribution >= 4 is 67.9 Å². The molecule has 4 aromatic rings. The van der Waals surface area contributed by atoms with Gasteiger partial charge in [0.2, 0.25) is 18.1 Å². The first-order valence-electron chi connectivity index (χ1n) is 16.9. The normalized spacial score (nSPS) is 25.7. The van der Waals surface area contributed by atoms with E-state index in [-0.39, 0.29) is 48.1 Å². The Kier molecular flexibility index (Phi) is 10.3. The van der Waals surface area contributed by atoms with Crippen LogP contribution in [0.15, 0.2) is 60.7 Å². The van der Waals surface area contributed by atoms with Crippen molar-refractivity contribution in [1.82, 2.24) is 0 Å². The van der Waals surface area contributed by atoms with Crippen LogP contribution in [-0.2, 0) is 14.3 Å². The van der Waals surface area contributed by atoms with E-state index in [1.807, 2.05) is 48.5 Å². The summed E-state index contributed by atoms with van der Waals surface area (Å²) in [7, 11) is 0. The van der Waals surface area contributed by atoms with E-state index in [2.05, 4.69) is 0 Å². The minimum Gasteiger partial charge on any atom is -0.461 e. The minimum atomic E-state index is -1.62. The average molecular weight is 741 g/mol. The molecule has 0 aromatic heterocycles. The molecular formula is C37H39Cl2N3O9. The Hall–Kier alpha value is -3.72. The van der Waals surface area contributed by atoms with Gasteiger partial charge in [-0.25, -0.2) is 0 Å². The molecule has 3 heterocycles. The lowest BCUT2D eigenvalue weighted by atomic mass is 9.95. The van der Waals surface area contributed by atoms with Crippen molar-refractivity contribution in [3.05, 3.63) is 71.8 Å². The number of nitrogens with zero attached hydrogens (tertiary/aromatic N) is 2. The Morgan fingerprint density at radius 1 is 0.765 bits per heavy atom. The van der Waals surface area contributed by atoms with Gasteiger partial charge in [-0.05, 0) is 28.3 Å². The molecule has 0 bridgehead atoms. The van der Waals surface area contributed by atoms with Crippen molar-refractivity contribution in [2.45, 2.75) is 61.8 Å². The maximum atomic E-state index is 13.9. The number of alkyl halides is 2. The van der Waals surface area contributed by atoms with Crippen LogP contribution in [0.2, 0.25) is 0 Å². The molecule has 0 radical (unpaired) electrons. The third kappa shape index (κ3) is 6.27. The molecule has 0 aliphatic carbocycles. The number of carbonyl (C=O) groups excluding carboxylic acids is 2. The number of aliphatic hydroxyl groups is 4. The molecule has 1 fully saturated rings. The molecule has 7 rings (SSSR count). The fourth-order valence-corrected chi connectivity index (χ4v) is 8.20. The lowest BCUT2D eigenvalue weighted by molar-refractivity contribution is -0.277. The zero-order chi connectivity index (χ0) is 36.0. The molecule has 1 saturated heterocycles. The molecule has 1 unspecified atom stereocenters. The van der Waals surface area contributed by atoms with Crippen LogP contribution in [-0.4, -0.2) is 94.4 Å². The number of fused-ring (bicyclic) bond motifs is 6. The zero-order valence-corrected chi connectivity index (χ0v) is 29.0. The standard InChI is InChI=1S/C37H39Cl2N3O9/c38-14-19-16-41(25-12-27(21-6-1-3-8-23(21)32(19)25)49-37-36(48)35(47)34(46)29(18-43)50-37)30(44)10-5-11-31(45)42-17-20(15-39)33-24-9-4-2-7-22(24)28(51-40)13-26(33)42/h1-4,6-9,12-13,19-20,29,34-37,43,46-48H,5,10-11,14-18,40H2/t19-,20-,29?,34+,35+,36-,37-/m1/s1. The van der Waals surface area contributed by atoms with Gasteiger partial charge in [0, 0.05) is 72.4 Å². The smallest absolute Gasteiger partial charge is 0.229 e. The number of hydrogen-bond donors (Lipinski definition) is 5. The highest BCUT2D eigenvalue weighted by Crippen LogP contribution is 2.47. The summed E-state index contributed by atoms with van der Waals surface area (Å²) in [4.78, 5) is 36.1. The Morgan fingerprint density at radius 3 is 1.75 bits per heavy atom. The lowest BCUT2D eigenvalue weighted by Crippen LogP contribution is -2.60. The molecule has 0 saturated carbocycles. The van der Waals surface area contributed by atoms with E-state index in [1.165, 1.54) is 0 Å². The first-order valence-corrected chi connectivity index (χ1v) is 17.9. The van der Waals surface area contributed by atoms with Crippen LogP contribution in [0.1, 0.15) is 42.2 Å². The Balaban J connectivity index is 1.11. The largest absolute Gasteiger partial charge is 0.461 e. The molecule has 12 nitrogen and oxygen atoms in total. The van der Waals surface area contributed by atoms with Gasteiger partial charge in [-0.2, -0.15) is 5.90 Å². The van der Waals surface area contributed by atoms with E-state index in [1.54, 1.807) is 21.9 Å². The van der Waals surface area contributed by atoms with Gasteiger partial charge >= 0.3 is 0 Å². The first kappa shape index (κ1) is 35.7. The summed E-state index contributed by atoms with van der Waals surface area (Å²) in [6, 6.07) is 18.6.